The van der Waals surface area contributed by atoms with Crippen molar-refractivity contribution in [2.45, 2.75) is 43.2 Å². The maximum Gasteiger partial charge on any atom is 0.253 e. The molecule has 1 N–H and O–H groups in total. The van der Waals surface area contributed by atoms with Crippen LogP contribution < -0.4 is 9.46 Å². The summed E-state index contributed by atoms with van der Waals surface area (Å²) in [6.07, 6.45) is 1.15. The topological polar surface area (TPSA) is 104 Å². The van der Waals surface area contributed by atoms with E-state index >= 15 is 0 Å². The summed E-state index contributed by atoms with van der Waals surface area (Å²) in [4.78, 5) is 15.1. The molecular formula is C26H28N4O4S. The van der Waals surface area contributed by atoms with Crippen molar-refractivity contribution >= 4 is 15.9 Å². The molecule has 35 heavy (non-hydrogen) atoms. The van der Waals surface area contributed by atoms with E-state index in [0.29, 0.717) is 37.2 Å². The molecule has 0 radical (unpaired) electrons. The largest absolute Gasteiger partial charge is 0.479 e. The first-order valence-corrected chi connectivity index (χ1v) is 13.0. The van der Waals surface area contributed by atoms with E-state index in [1.165, 1.54) is 12.1 Å². The molecule has 1 amide bonds. The molecular weight excluding hydrogens is 464 g/mol. The number of sulfonamides is 1. The van der Waals surface area contributed by atoms with Crippen molar-refractivity contribution in [1.29, 1.82) is 5.26 Å². The smallest absolute Gasteiger partial charge is 0.253 e. The minimum Gasteiger partial charge on any atom is -0.479 e. The van der Waals surface area contributed by atoms with Crippen LogP contribution in [-0.4, -0.2) is 42.9 Å². The molecule has 2 aliphatic rings. The molecule has 2 aromatic carbocycles. The predicted octanol–water partition coefficient (Wildman–Crippen LogP) is 3.81. The fraction of sp³-hybridized carbons (Fsp3) is 0.308. The Hall–Kier alpha value is -3.61. The van der Waals surface area contributed by atoms with Crippen LogP contribution in [0.25, 0.3) is 5.69 Å². The van der Waals surface area contributed by atoms with Gasteiger partial charge >= 0.3 is 0 Å². The number of nitrogens with zero attached hydrogens (tertiary/aromatic N) is 3. The van der Waals surface area contributed by atoms with Gasteiger partial charge in [0.1, 0.15) is 17.5 Å². The predicted molar refractivity (Wildman–Crippen MR) is 132 cm³/mol. The van der Waals surface area contributed by atoms with Gasteiger partial charge in [0.2, 0.25) is 10.0 Å². The SMILES string of the molecule is CC(C)NS(=O)(=O)c1ccc(C(=O)N2CCC3(CC2)Oc2ccccc2-n2c(C#N)ccc23)cc1.[HH]. The number of aromatic nitrogens is 1. The molecule has 8 nitrogen and oxygen atoms in total. The number of carbonyl (C=O) groups excluding carboxylic acids is 1. The first kappa shape index (κ1) is 23.1. The average Bonchev–Trinajstić information content (AvgIpc) is 3.29. The normalized spacial score (nSPS) is 16.3. The molecule has 1 spiro atoms. The number of amides is 1. The molecule has 3 aromatic rings. The van der Waals surface area contributed by atoms with E-state index in [1.807, 2.05) is 41.0 Å². The highest BCUT2D eigenvalue weighted by atomic mass is 32.2. The second-order valence-corrected chi connectivity index (χ2v) is 10.9. The van der Waals surface area contributed by atoms with Crippen LogP contribution in [0.3, 0.4) is 0 Å². The summed E-state index contributed by atoms with van der Waals surface area (Å²) in [5.74, 6) is 0.573. The zero-order valence-corrected chi connectivity index (χ0v) is 20.4. The Kier molecular flexibility index (Phi) is 5.66. The van der Waals surface area contributed by atoms with Crippen molar-refractivity contribution in [3.05, 3.63) is 77.6 Å². The first-order chi connectivity index (χ1) is 16.7. The number of para-hydroxylation sites is 2. The van der Waals surface area contributed by atoms with E-state index in [1.54, 1.807) is 30.9 Å². The van der Waals surface area contributed by atoms with Gasteiger partial charge < -0.3 is 9.64 Å². The number of benzene rings is 2. The van der Waals surface area contributed by atoms with Crippen molar-refractivity contribution in [3.63, 3.8) is 0 Å². The van der Waals surface area contributed by atoms with Gasteiger partial charge in [0.15, 0.2) is 5.60 Å². The van der Waals surface area contributed by atoms with Gasteiger partial charge in [-0.2, -0.15) is 5.26 Å². The van der Waals surface area contributed by atoms with Gasteiger partial charge in [-0.25, -0.2) is 13.1 Å². The monoisotopic (exact) mass is 492 g/mol. The van der Waals surface area contributed by atoms with Crippen LogP contribution in [0.5, 0.6) is 5.75 Å². The number of ether oxygens (including phenoxy) is 1. The highest BCUT2D eigenvalue weighted by Gasteiger charge is 2.45. The summed E-state index contributed by atoms with van der Waals surface area (Å²) in [7, 11) is -3.62. The second-order valence-electron chi connectivity index (χ2n) is 9.21. The third kappa shape index (κ3) is 3.99. The van der Waals surface area contributed by atoms with Crippen molar-refractivity contribution in [1.82, 2.24) is 14.2 Å². The molecule has 1 fully saturated rings. The summed E-state index contributed by atoms with van der Waals surface area (Å²) < 4.78 is 35.8. The van der Waals surface area contributed by atoms with Crippen LogP contribution in [0.4, 0.5) is 0 Å². The van der Waals surface area contributed by atoms with Gasteiger partial charge in [-0.3, -0.25) is 9.36 Å². The lowest BCUT2D eigenvalue weighted by molar-refractivity contribution is -0.00937. The van der Waals surface area contributed by atoms with Crippen LogP contribution in [0, 0.1) is 11.3 Å². The van der Waals surface area contributed by atoms with E-state index in [4.69, 9.17) is 4.74 Å². The number of nitrogens with one attached hydrogen (secondary N) is 1. The lowest BCUT2D eigenvalue weighted by Gasteiger charge is -2.45. The molecule has 2 aliphatic heterocycles. The van der Waals surface area contributed by atoms with Crippen molar-refractivity contribution < 1.29 is 19.4 Å². The standard InChI is InChI=1S/C26H26N4O4S.H2/c1-18(2)28-35(32,33)21-10-7-19(8-11-21)25(31)29-15-13-26(14-16-29)24-12-9-20(17-27)30(24)22-5-3-4-6-23(22)34-26;/h3-12,18,28H,13-16H2,1-2H3;1H. The van der Waals surface area contributed by atoms with E-state index in [-0.39, 0.29) is 18.3 Å². The zero-order chi connectivity index (χ0) is 24.8. The van der Waals surface area contributed by atoms with E-state index in [0.717, 1.165) is 17.1 Å². The number of fused-ring (bicyclic) bond motifs is 4. The molecule has 0 unspecified atom stereocenters. The van der Waals surface area contributed by atoms with Crippen molar-refractivity contribution in [2.24, 2.45) is 0 Å². The third-order valence-corrected chi connectivity index (χ3v) is 8.21. The van der Waals surface area contributed by atoms with Gasteiger partial charge in [0.25, 0.3) is 5.91 Å². The summed E-state index contributed by atoms with van der Waals surface area (Å²) >= 11 is 0. The fourth-order valence-electron chi connectivity index (χ4n) is 4.90. The maximum atomic E-state index is 13.2. The number of rotatable bonds is 4. The Bertz CT molecular complexity index is 1430. The molecule has 3 heterocycles. The molecule has 0 bridgehead atoms. The minimum atomic E-state index is -3.62. The molecule has 182 valence electrons. The number of nitriles is 1. The Morgan fingerprint density at radius 3 is 2.43 bits per heavy atom. The number of carbonyl (C=O) groups is 1. The Labute approximate surface area is 206 Å². The lowest BCUT2D eigenvalue weighted by Crippen LogP contribution is -2.50. The van der Waals surface area contributed by atoms with Crippen LogP contribution in [-0.2, 0) is 15.6 Å². The molecule has 5 rings (SSSR count). The Morgan fingerprint density at radius 1 is 1.09 bits per heavy atom. The summed E-state index contributed by atoms with van der Waals surface area (Å²) in [6.45, 7) is 4.46. The summed E-state index contributed by atoms with van der Waals surface area (Å²) in [6, 6.07) is 19.5. The molecule has 9 heteroatoms. The van der Waals surface area contributed by atoms with E-state index in [2.05, 4.69) is 10.8 Å². The van der Waals surface area contributed by atoms with Crippen LogP contribution in [0.1, 0.15) is 49.9 Å². The van der Waals surface area contributed by atoms with Crippen LogP contribution in [0.15, 0.2) is 65.6 Å². The number of likely N-dealkylation sites (tertiary alicyclic amines) is 1. The minimum absolute atomic E-state index is 0. The highest BCUT2D eigenvalue weighted by Crippen LogP contribution is 2.45. The van der Waals surface area contributed by atoms with E-state index in [9.17, 15) is 18.5 Å². The first-order valence-electron chi connectivity index (χ1n) is 11.6. The second kappa shape index (κ2) is 8.56. The van der Waals surface area contributed by atoms with Gasteiger partial charge in [-0.05, 0) is 62.4 Å². The molecule has 1 saturated heterocycles. The van der Waals surface area contributed by atoms with Crippen molar-refractivity contribution in [2.75, 3.05) is 13.1 Å². The van der Waals surface area contributed by atoms with Crippen molar-refractivity contribution in [3.8, 4) is 17.5 Å². The van der Waals surface area contributed by atoms with E-state index < -0.39 is 15.6 Å². The van der Waals surface area contributed by atoms with Gasteiger partial charge in [-0.1, -0.05) is 12.1 Å². The number of hydrogen-bond donors (Lipinski definition) is 1. The van der Waals surface area contributed by atoms with Gasteiger partial charge in [0, 0.05) is 39.0 Å². The molecule has 0 saturated carbocycles. The van der Waals surface area contributed by atoms with Gasteiger partial charge in [-0.15, -0.1) is 0 Å². The molecule has 0 atom stereocenters. The highest BCUT2D eigenvalue weighted by molar-refractivity contribution is 7.89. The summed E-state index contributed by atoms with van der Waals surface area (Å²) in [5.41, 5.74) is 2.13. The van der Waals surface area contributed by atoms with Gasteiger partial charge in [0.05, 0.1) is 16.3 Å². The van der Waals surface area contributed by atoms with Crippen LogP contribution in [0.2, 0.25) is 0 Å². The quantitative estimate of drug-likeness (QED) is 0.596. The third-order valence-electron chi connectivity index (χ3n) is 6.53. The maximum absolute atomic E-state index is 13.2. The lowest BCUT2D eigenvalue weighted by atomic mass is 9.86. The average molecular weight is 493 g/mol. The molecule has 0 aliphatic carbocycles. The van der Waals surface area contributed by atoms with Crippen LogP contribution >= 0.6 is 0 Å². The summed E-state index contributed by atoms with van der Waals surface area (Å²) in [5, 5.41) is 9.64. The molecule has 1 aromatic heterocycles. The fourth-order valence-corrected chi connectivity index (χ4v) is 6.15. The number of piperidine rings is 1. The number of hydrogen-bond acceptors (Lipinski definition) is 5. The Morgan fingerprint density at radius 2 is 1.77 bits per heavy atom. The zero-order valence-electron chi connectivity index (χ0n) is 19.6. The Balaban J connectivity index is 0.00000304.